The van der Waals surface area contributed by atoms with E-state index in [1.807, 2.05) is 57.2 Å². The number of benzene rings is 2. The van der Waals surface area contributed by atoms with Crippen molar-refractivity contribution in [2.75, 3.05) is 14.2 Å². The highest BCUT2D eigenvalue weighted by atomic mass is 16.8. The smallest absolute Gasteiger partial charge is 0.356 e. The number of ether oxygens (including phenoxy) is 5. The van der Waals surface area contributed by atoms with Crippen molar-refractivity contribution in [3.63, 3.8) is 0 Å². The Balaban J connectivity index is 1.29. The first-order valence-corrected chi connectivity index (χ1v) is 16.7. The molecule has 6 aliphatic rings. The molecule has 3 saturated carbocycles. The summed E-state index contributed by atoms with van der Waals surface area (Å²) in [6, 6.07) is 15.6. The molecule has 9 heteroatoms. The Labute approximate surface area is 275 Å². The van der Waals surface area contributed by atoms with E-state index in [1.54, 1.807) is 14.2 Å². The van der Waals surface area contributed by atoms with Crippen LogP contribution in [0, 0.1) is 22.7 Å². The molecule has 1 unspecified atom stereocenters. The van der Waals surface area contributed by atoms with Crippen molar-refractivity contribution in [2.45, 2.75) is 94.9 Å². The van der Waals surface area contributed by atoms with Crippen LogP contribution in [-0.4, -0.2) is 55.1 Å². The van der Waals surface area contributed by atoms with Gasteiger partial charge in [0.25, 0.3) is 0 Å². The molecule has 1 spiro atoms. The molecule has 248 valence electrons. The van der Waals surface area contributed by atoms with Crippen LogP contribution in [0.3, 0.4) is 0 Å². The molecule has 9 atom stereocenters. The lowest BCUT2D eigenvalue weighted by molar-refractivity contribution is -0.205. The molecule has 2 aliphatic heterocycles. The summed E-state index contributed by atoms with van der Waals surface area (Å²) < 4.78 is 30.1. The number of methoxy groups -OCH3 is 2. The zero-order valence-corrected chi connectivity index (χ0v) is 27.9. The highest BCUT2D eigenvalue weighted by Gasteiger charge is 2.85. The van der Waals surface area contributed by atoms with Crippen LogP contribution in [0.2, 0.25) is 0 Å². The van der Waals surface area contributed by atoms with Crippen LogP contribution in [-0.2, 0) is 34.1 Å². The number of carbonyl (C=O) groups excluding carboxylic acids is 2. The summed E-state index contributed by atoms with van der Waals surface area (Å²) in [5.74, 6) is 0.168. The molecule has 1 saturated heterocycles. The minimum Gasteiger partial charge on any atom is -0.497 e. The van der Waals surface area contributed by atoms with E-state index >= 15 is 4.79 Å². The van der Waals surface area contributed by atoms with Gasteiger partial charge in [-0.1, -0.05) is 61.3 Å². The molecule has 8 rings (SSSR count). The van der Waals surface area contributed by atoms with Crippen molar-refractivity contribution >= 4 is 17.5 Å². The van der Waals surface area contributed by atoms with Crippen LogP contribution < -0.4 is 9.47 Å². The molecule has 0 amide bonds. The minimum absolute atomic E-state index is 0.0196. The molecule has 47 heavy (non-hydrogen) atoms. The largest absolute Gasteiger partial charge is 0.497 e. The van der Waals surface area contributed by atoms with Gasteiger partial charge in [-0.2, -0.15) is 0 Å². The lowest BCUT2D eigenvalue weighted by Crippen LogP contribution is -2.67. The van der Waals surface area contributed by atoms with Gasteiger partial charge in [0, 0.05) is 34.7 Å². The van der Waals surface area contributed by atoms with Crippen LogP contribution >= 0.6 is 0 Å². The number of ketones is 1. The Kier molecular flexibility index (Phi) is 6.62. The van der Waals surface area contributed by atoms with Gasteiger partial charge in [-0.3, -0.25) is 4.79 Å². The number of allylic oxidation sites excluding steroid dienone is 2. The molecule has 0 aromatic heterocycles. The molecule has 2 bridgehead atoms. The van der Waals surface area contributed by atoms with Crippen molar-refractivity contribution in [1.82, 2.24) is 0 Å². The second kappa shape index (κ2) is 10.2. The zero-order chi connectivity index (χ0) is 33.0. The van der Waals surface area contributed by atoms with Crippen LogP contribution in [0.15, 0.2) is 65.8 Å². The number of rotatable bonds is 5. The third kappa shape index (κ3) is 3.93. The number of carbonyl (C=O) groups is 2. The molecule has 2 aromatic carbocycles. The molecular formula is C38H43NO8. The summed E-state index contributed by atoms with van der Waals surface area (Å²) in [6.45, 7) is 7.86. The van der Waals surface area contributed by atoms with E-state index in [2.05, 4.69) is 36.4 Å². The third-order valence-electron chi connectivity index (χ3n) is 12.3. The van der Waals surface area contributed by atoms with E-state index in [4.69, 9.17) is 28.5 Å². The fourth-order valence-electron chi connectivity index (χ4n) is 10.4. The first-order chi connectivity index (χ1) is 22.4. The van der Waals surface area contributed by atoms with E-state index in [-0.39, 0.29) is 29.2 Å². The quantitative estimate of drug-likeness (QED) is 0.279. The van der Waals surface area contributed by atoms with Gasteiger partial charge in [-0.25, -0.2) is 4.79 Å². The van der Waals surface area contributed by atoms with Gasteiger partial charge in [-0.05, 0) is 68.9 Å². The first-order valence-electron chi connectivity index (χ1n) is 16.7. The summed E-state index contributed by atoms with van der Waals surface area (Å²) >= 11 is 0. The summed E-state index contributed by atoms with van der Waals surface area (Å²) in [5.41, 5.74) is -1.09. The van der Waals surface area contributed by atoms with Crippen LogP contribution in [0.1, 0.15) is 77.2 Å². The standard InChI is InChI=1S/C38H43NO8/c1-34(2,3)46-32(41)26-21-38(47-39-26)30-27(28(40)29-31(38)45-33(44-29)22-9-13-24(42-5)14-10-22)37(23-11-15-25(43-6)16-12-23)20-19-36(30)18-8-7-17-35(36,37)4/h9-16,19-20,27,29-31,33H,7-8,17-18,21H2,1-6H3/t27-,29-,30+,31-,33?,35+,36-,37-,38-/m0/s1. The second-order valence-corrected chi connectivity index (χ2v) is 15.3. The van der Waals surface area contributed by atoms with Crippen LogP contribution in [0.4, 0.5) is 0 Å². The Bertz CT molecular complexity index is 1680. The molecule has 0 radical (unpaired) electrons. The topological polar surface area (TPSA) is 102 Å². The maximum Gasteiger partial charge on any atom is 0.356 e. The number of hydrogen-bond donors (Lipinski definition) is 0. The number of nitrogens with zero attached hydrogens (tertiary/aromatic N) is 1. The van der Waals surface area contributed by atoms with Gasteiger partial charge in [0.1, 0.15) is 29.3 Å². The number of esters is 1. The van der Waals surface area contributed by atoms with Gasteiger partial charge in [-0.15, -0.1) is 0 Å². The molecule has 4 aliphatic carbocycles. The van der Waals surface area contributed by atoms with Gasteiger partial charge < -0.3 is 28.5 Å². The number of oxime groups is 1. The Morgan fingerprint density at radius 1 is 0.915 bits per heavy atom. The molecule has 9 nitrogen and oxygen atoms in total. The normalized spacial score (nSPS) is 39.6. The van der Waals surface area contributed by atoms with Crippen LogP contribution in [0.25, 0.3) is 0 Å². The predicted molar refractivity (Wildman–Crippen MR) is 172 cm³/mol. The third-order valence-corrected chi connectivity index (χ3v) is 12.3. The van der Waals surface area contributed by atoms with E-state index in [0.717, 1.165) is 42.6 Å². The van der Waals surface area contributed by atoms with Crippen molar-refractivity contribution in [2.24, 2.45) is 27.8 Å². The maximum atomic E-state index is 15.2. The van der Waals surface area contributed by atoms with E-state index in [9.17, 15) is 4.79 Å². The van der Waals surface area contributed by atoms with Crippen molar-refractivity contribution < 1.29 is 38.1 Å². The molecule has 0 N–H and O–H groups in total. The highest BCUT2D eigenvalue weighted by molar-refractivity contribution is 6.37. The van der Waals surface area contributed by atoms with E-state index < -0.39 is 52.4 Å². The fraction of sp³-hybridized carbons (Fsp3) is 0.553. The van der Waals surface area contributed by atoms with E-state index in [0.29, 0.717) is 5.75 Å². The Morgan fingerprint density at radius 2 is 1.57 bits per heavy atom. The summed E-state index contributed by atoms with van der Waals surface area (Å²) in [7, 11) is 3.28. The summed E-state index contributed by atoms with van der Waals surface area (Å²) in [4.78, 5) is 35.4. The Morgan fingerprint density at radius 3 is 2.23 bits per heavy atom. The van der Waals surface area contributed by atoms with E-state index in [1.165, 1.54) is 0 Å². The zero-order valence-electron chi connectivity index (χ0n) is 27.9. The van der Waals surface area contributed by atoms with Crippen molar-refractivity contribution in [1.29, 1.82) is 0 Å². The lowest BCUT2D eigenvalue weighted by Gasteiger charge is -2.54. The number of Topliss-reactive ketones (excluding diaryl/α,β-unsaturated/α-hetero) is 1. The van der Waals surface area contributed by atoms with Gasteiger partial charge in [0.2, 0.25) is 0 Å². The average molecular weight is 642 g/mol. The highest BCUT2D eigenvalue weighted by Crippen LogP contribution is 2.82. The summed E-state index contributed by atoms with van der Waals surface area (Å²) in [5, 5.41) is 4.46. The Hall–Kier alpha value is -3.69. The van der Waals surface area contributed by atoms with Crippen LogP contribution in [0.5, 0.6) is 11.5 Å². The SMILES string of the molecule is COc1ccc(C2O[C@H]3C(=O)[C@H]4[C@@H]([C@@]5(CC(C(=O)OC(C)(C)C)=NO5)[C@H]3O2)[C@]23C=C[C@@]4(c4ccc(OC)cc4)[C@]2(C)CCCC3)cc1. The molecule has 4 fully saturated rings. The second-order valence-electron chi connectivity index (χ2n) is 15.3. The van der Waals surface area contributed by atoms with Gasteiger partial charge >= 0.3 is 5.97 Å². The maximum absolute atomic E-state index is 15.2. The van der Waals surface area contributed by atoms with Crippen molar-refractivity contribution in [3.8, 4) is 11.5 Å². The monoisotopic (exact) mass is 641 g/mol. The number of hydrogen-bond acceptors (Lipinski definition) is 9. The lowest BCUT2D eigenvalue weighted by atomic mass is 9.51. The minimum atomic E-state index is -1.13. The molecule has 2 heterocycles. The predicted octanol–water partition coefficient (Wildman–Crippen LogP) is 6.25. The first kappa shape index (κ1) is 30.6. The average Bonchev–Trinajstić information content (AvgIpc) is 3.81. The molecular weight excluding hydrogens is 598 g/mol. The summed E-state index contributed by atoms with van der Waals surface area (Å²) in [6.07, 6.45) is 6.31. The van der Waals surface area contributed by atoms with Crippen molar-refractivity contribution in [3.05, 3.63) is 71.8 Å². The van der Waals surface area contributed by atoms with Gasteiger partial charge in [0.15, 0.2) is 23.4 Å². The fourth-order valence-corrected chi connectivity index (χ4v) is 10.4. The molecule has 2 aromatic rings. The number of fused-ring (bicyclic) bond motifs is 5. The van der Waals surface area contributed by atoms with Gasteiger partial charge in [0.05, 0.1) is 14.2 Å².